The molecule has 0 fully saturated rings. The molecule has 1 unspecified atom stereocenters. The lowest BCUT2D eigenvalue weighted by molar-refractivity contribution is 0.0987. The van der Waals surface area contributed by atoms with Crippen LogP contribution in [0.3, 0.4) is 0 Å². The third-order valence-electron chi connectivity index (χ3n) is 2.86. The van der Waals surface area contributed by atoms with E-state index in [4.69, 9.17) is 0 Å². The zero-order valence-electron chi connectivity index (χ0n) is 10.5. The van der Waals surface area contributed by atoms with Crippen LogP contribution < -0.4 is 0 Å². The summed E-state index contributed by atoms with van der Waals surface area (Å²) in [6.07, 6.45) is 5.30. The van der Waals surface area contributed by atoms with Gasteiger partial charge in [-0.25, -0.2) is 0 Å². The number of carbonyl (C=O) groups is 1. The van der Waals surface area contributed by atoms with Crippen molar-refractivity contribution in [3.63, 3.8) is 0 Å². The van der Waals surface area contributed by atoms with E-state index in [1.54, 1.807) is 0 Å². The highest BCUT2D eigenvalue weighted by Crippen LogP contribution is 2.27. The molecule has 1 atom stereocenters. The fourth-order valence-corrected chi connectivity index (χ4v) is 2.33. The van der Waals surface area contributed by atoms with Gasteiger partial charge in [0.2, 0.25) is 0 Å². The summed E-state index contributed by atoms with van der Waals surface area (Å²) in [5.74, 6) is -0.519. The van der Waals surface area contributed by atoms with Crippen molar-refractivity contribution >= 4 is 21.7 Å². The zero-order chi connectivity index (χ0) is 13.5. The van der Waals surface area contributed by atoms with Crippen LogP contribution in [0.25, 0.3) is 0 Å². The minimum atomic E-state index is -0.258. The van der Waals surface area contributed by atoms with Crippen LogP contribution in [-0.4, -0.2) is 20.8 Å². The largest absolute Gasteiger partial charge is 0.504 e. The molecule has 0 radical (unpaired) electrons. The number of unbranched alkanes of at least 4 members (excludes halogenated alkanes) is 3. The number of hydrogen-bond acceptors (Lipinski definition) is 3. The molecule has 4 heteroatoms. The van der Waals surface area contributed by atoms with Gasteiger partial charge in [-0.15, -0.1) is 0 Å². The first-order chi connectivity index (χ1) is 8.56. The summed E-state index contributed by atoms with van der Waals surface area (Å²) in [7, 11) is 0. The summed E-state index contributed by atoms with van der Waals surface area (Å²) < 4.78 is 0. The number of phenolic OH excluding ortho intramolecular Hbond substituents is 2. The molecule has 3 nitrogen and oxygen atoms in total. The third-order valence-corrected chi connectivity index (χ3v) is 3.73. The Hall–Kier alpha value is -1.03. The summed E-state index contributed by atoms with van der Waals surface area (Å²) in [6.45, 7) is 2.15. The molecule has 18 heavy (non-hydrogen) atoms. The van der Waals surface area contributed by atoms with Gasteiger partial charge in [0, 0.05) is 5.56 Å². The van der Waals surface area contributed by atoms with E-state index >= 15 is 0 Å². The van der Waals surface area contributed by atoms with E-state index in [9.17, 15) is 15.0 Å². The molecule has 1 rings (SSSR count). The highest BCUT2D eigenvalue weighted by molar-refractivity contribution is 9.10. The fraction of sp³-hybridized carbons (Fsp3) is 0.500. The average Bonchev–Trinajstić information content (AvgIpc) is 2.37. The summed E-state index contributed by atoms with van der Waals surface area (Å²) >= 11 is 3.38. The maximum atomic E-state index is 12.0. The van der Waals surface area contributed by atoms with Gasteiger partial charge in [-0.1, -0.05) is 48.5 Å². The number of Topliss-reactive ketones (excluding diaryl/α,β-unsaturated/α-hetero) is 1. The van der Waals surface area contributed by atoms with Gasteiger partial charge in [0.05, 0.1) is 4.83 Å². The molecule has 0 bridgehead atoms. The predicted octanol–water partition coefficient (Wildman–Crippen LogP) is 4.01. The van der Waals surface area contributed by atoms with Crippen LogP contribution in [0.4, 0.5) is 0 Å². The van der Waals surface area contributed by atoms with Gasteiger partial charge in [-0.2, -0.15) is 0 Å². The monoisotopic (exact) mass is 314 g/mol. The third kappa shape index (κ3) is 4.33. The summed E-state index contributed by atoms with van der Waals surface area (Å²) in [5, 5.41) is 18.6. The normalized spacial score (nSPS) is 12.3. The van der Waals surface area contributed by atoms with Gasteiger partial charge in [0.1, 0.15) is 0 Å². The van der Waals surface area contributed by atoms with Crippen molar-refractivity contribution in [2.45, 2.75) is 43.9 Å². The van der Waals surface area contributed by atoms with Crippen molar-refractivity contribution < 1.29 is 15.0 Å². The highest BCUT2D eigenvalue weighted by atomic mass is 79.9. The number of halogens is 1. The molecule has 1 aromatic carbocycles. The Bertz CT molecular complexity index is 404. The van der Waals surface area contributed by atoms with Gasteiger partial charge in [0.15, 0.2) is 17.3 Å². The molecule has 0 spiro atoms. The van der Waals surface area contributed by atoms with E-state index in [0.717, 1.165) is 19.3 Å². The van der Waals surface area contributed by atoms with Crippen LogP contribution in [0.2, 0.25) is 0 Å². The number of phenols is 2. The van der Waals surface area contributed by atoms with Gasteiger partial charge >= 0.3 is 0 Å². The van der Waals surface area contributed by atoms with E-state index in [1.807, 2.05) is 0 Å². The SMILES string of the molecule is CCCCCCC(Br)C(=O)c1ccc(O)c(O)c1. The Kier molecular flexibility index (Phi) is 6.19. The number of aromatic hydroxyl groups is 2. The molecule has 0 heterocycles. The molecule has 0 saturated heterocycles. The number of carbonyl (C=O) groups excluding carboxylic acids is 1. The van der Waals surface area contributed by atoms with Crippen molar-refractivity contribution in [2.24, 2.45) is 0 Å². The second kappa shape index (κ2) is 7.41. The first-order valence-corrected chi connectivity index (χ1v) is 7.18. The Morgan fingerprint density at radius 2 is 1.94 bits per heavy atom. The number of rotatable bonds is 7. The van der Waals surface area contributed by atoms with Gasteiger partial charge in [0.25, 0.3) is 0 Å². The molecule has 2 N–H and O–H groups in total. The lowest BCUT2D eigenvalue weighted by Gasteiger charge is -2.09. The van der Waals surface area contributed by atoms with E-state index in [1.165, 1.54) is 31.0 Å². The molecule has 0 aliphatic heterocycles. The minimum absolute atomic E-state index is 0.0539. The van der Waals surface area contributed by atoms with Crippen molar-refractivity contribution in [1.82, 2.24) is 0 Å². The Balaban J connectivity index is 2.54. The van der Waals surface area contributed by atoms with Crippen LogP contribution in [0.1, 0.15) is 49.4 Å². The van der Waals surface area contributed by atoms with Crippen molar-refractivity contribution in [3.8, 4) is 11.5 Å². The van der Waals surface area contributed by atoms with Gasteiger partial charge < -0.3 is 10.2 Å². The number of ketones is 1. The van der Waals surface area contributed by atoms with Crippen LogP contribution in [0.5, 0.6) is 11.5 Å². The number of benzene rings is 1. The summed E-state index contributed by atoms with van der Waals surface area (Å²) in [5.41, 5.74) is 0.419. The maximum Gasteiger partial charge on any atom is 0.176 e. The molecule has 1 aromatic rings. The van der Waals surface area contributed by atoms with Crippen LogP contribution in [-0.2, 0) is 0 Å². The van der Waals surface area contributed by atoms with E-state index < -0.39 is 0 Å². The molecular formula is C14H19BrO3. The van der Waals surface area contributed by atoms with Crippen molar-refractivity contribution in [1.29, 1.82) is 0 Å². The Labute approximate surface area is 116 Å². The van der Waals surface area contributed by atoms with Gasteiger partial charge in [-0.3, -0.25) is 4.79 Å². The second-order valence-electron chi connectivity index (χ2n) is 4.38. The topological polar surface area (TPSA) is 57.5 Å². The zero-order valence-corrected chi connectivity index (χ0v) is 12.1. The number of alkyl halides is 1. The minimum Gasteiger partial charge on any atom is -0.504 e. The molecule has 0 saturated carbocycles. The maximum absolute atomic E-state index is 12.0. The highest BCUT2D eigenvalue weighted by Gasteiger charge is 2.17. The van der Waals surface area contributed by atoms with Crippen molar-refractivity contribution in [2.75, 3.05) is 0 Å². The van der Waals surface area contributed by atoms with E-state index in [2.05, 4.69) is 22.9 Å². The molecule has 0 aliphatic carbocycles. The summed E-state index contributed by atoms with van der Waals surface area (Å²) in [4.78, 5) is 11.8. The summed E-state index contributed by atoms with van der Waals surface area (Å²) in [6, 6.07) is 4.16. The van der Waals surface area contributed by atoms with Gasteiger partial charge in [-0.05, 0) is 24.6 Å². The van der Waals surface area contributed by atoms with E-state index in [-0.39, 0.29) is 22.1 Å². The average molecular weight is 315 g/mol. The molecular weight excluding hydrogens is 296 g/mol. The Morgan fingerprint density at radius 3 is 2.56 bits per heavy atom. The molecule has 100 valence electrons. The Morgan fingerprint density at radius 1 is 1.22 bits per heavy atom. The van der Waals surface area contributed by atoms with Crippen LogP contribution in [0.15, 0.2) is 18.2 Å². The van der Waals surface area contributed by atoms with Crippen molar-refractivity contribution in [3.05, 3.63) is 23.8 Å². The van der Waals surface area contributed by atoms with Crippen LogP contribution in [0, 0.1) is 0 Å². The first kappa shape index (κ1) is 15.0. The lowest BCUT2D eigenvalue weighted by atomic mass is 10.0. The second-order valence-corrected chi connectivity index (χ2v) is 5.49. The molecule has 0 amide bonds. The number of hydrogen-bond donors (Lipinski definition) is 2. The molecule has 0 aromatic heterocycles. The van der Waals surface area contributed by atoms with Crippen LogP contribution >= 0.6 is 15.9 Å². The fourth-order valence-electron chi connectivity index (χ4n) is 1.74. The predicted molar refractivity (Wildman–Crippen MR) is 75.6 cm³/mol. The smallest absolute Gasteiger partial charge is 0.176 e. The lowest BCUT2D eigenvalue weighted by Crippen LogP contribution is -2.14. The molecule has 0 aliphatic rings. The standard InChI is InChI=1S/C14H19BrO3/c1-2-3-4-5-6-11(15)14(18)10-7-8-12(16)13(17)9-10/h7-9,11,16-17H,2-6H2,1H3. The van der Waals surface area contributed by atoms with E-state index in [0.29, 0.717) is 5.56 Å². The quantitative estimate of drug-likeness (QED) is 0.346. The first-order valence-electron chi connectivity index (χ1n) is 6.26.